The zero-order chi connectivity index (χ0) is 35.4. The zero-order valence-corrected chi connectivity index (χ0v) is 29.7. The number of aliphatic hydroxyl groups excluding tert-OH is 3. The number of hydrogen-bond acceptors (Lipinski definition) is 7. The second kappa shape index (κ2) is 13.0. The topological polar surface area (TPSA) is 197 Å². The average molecular weight is 658 g/mol. The lowest BCUT2D eigenvalue weighted by molar-refractivity contribution is -0.154. The first-order valence-electron chi connectivity index (χ1n) is 17.5. The molecule has 4 aliphatic carbocycles. The van der Waals surface area contributed by atoms with E-state index in [-0.39, 0.29) is 59.7 Å². The average Bonchev–Trinajstić information content (AvgIpc) is 3.17. The van der Waals surface area contributed by atoms with Crippen molar-refractivity contribution in [3.05, 3.63) is 22.8 Å². The van der Waals surface area contributed by atoms with E-state index in [0.717, 1.165) is 25.7 Å². The molecule has 10 nitrogen and oxygen atoms in total. The standard InChI is InChI=1S/C37H59N3O7/c1-9-10-11-12-21-30(45)29-28(35(6)14-13-26(43)34(4,5)31(21)35)25(42)17-36(7)23(16-27(44)37(29,36)8)20(3)22(18-40-33(38)39)24(41)15-19(2)32(46)47/h15,20-24,27,30-31,41,44-45H,9-14,16-18H2,1-8H3,(H,46,47)(H4,38,39,40). The number of aliphatic hydroxyl groups is 3. The number of aliphatic carboxylic acids is 1. The van der Waals surface area contributed by atoms with Gasteiger partial charge >= 0.3 is 5.97 Å². The molecule has 0 aromatic heterocycles. The van der Waals surface area contributed by atoms with Crippen LogP contribution in [0.2, 0.25) is 0 Å². The van der Waals surface area contributed by atoms with E-state index in [1.165, 1.54) is 13.0 Å². The molecule has 4 rings (SSSR count). The molecule has 0 spiro atoms. The van der Waals surface area contributed by atoms with Crippen molar-refractivity contribution in [1.29, 1.82) is 0 Å². The Morgan fingerprint density at radius 1 is 1.11 bits per heavy atom. The second-order valence-electron chi connectivity index (χ2n) is 16.4. The fraction of sp³-hybridized carbons (Fsp3) is 0.784. The van der Waals surface area contributed by atoms with Crippen LogP contribution in [0, 0.1) is 51.2 Å². The molecular formula is C37H59N3O7. The molecule has 0 aromatic carbocycles. The Morgan fingerprint density at radius 3 is 2.32 bits per heavy atom. The first-order valence-corrected chi connectivity index (χ1v) is 17.5. The molecule has 0 saturated heterocycles. The number of carboxylic acid groups (broad SMARTS) is 1. The first-order chi connectivity index (χ1) is 21.7. The lowest BCUT2D eigenvalue weighted by atomic mass is 9.40. The van der Waals surface area contributed by atoms with Crippen LogP contribution in [0.3, 0.4) is 0 Å². The van der Waals surface area contributed by atoms with Gasteiger partial charge in [0.15, 0.2) is 11.7 Å². The van der Waals surface area contributed by atoms with Gasteiger partial charge in [0.2, 0.25) is 0 Å². The van der Waals surface area contributed by atoms with Crippen LogP contribution < -0.4 is 11.5 Å². The Kier molecular flexibility index (Phi) is 10.3. The second-order valence-corrected chi connectivity index (χ2v) is 16.4. The highest BCUT2D eigenvalue weighted by molar-refractivity contribution is 6.01. The SMILES string of the molecule is CCCCCC1C(O)C2=C(C(=O)CC3(C)C(C(C)C(CN=C(N)N)C(O)C=C(C)C(=O)O)CC(O)C23C)C2(C)CCC(=O)C(C)(C)C12. The van der Waals surface area contributed by atoms with Gasteiger partial charge in [-0.25, -0.2) is 4.79 Å². The lowest BCUT2D eigenvalue weighted by Gasteiger charge is -2.63. The summed E-state index contributed by atoms with van der Waals surface area (Å²) >= 11 is 0. The Labute approximate surface area is 280 Å². The number of unbranched alkanes of at least 4 members (excludes halogenated alkanes) is 2. The van der Waals surface area contributed by atoms with Gasteiger partial charge in [-0.3, -0.25) is 14.6 Å². The fourth-order valence-corrected chi connectivity index (χ4v) is 11.0. The van der Waals surface area contributed by atoms with Crippen molar-refractivity contribution in [1.82, 2.24) is 0 Å². The number of fused-ring (bicyclic) bond motifs is 4. The number of hydrogen-bond donors (Lipinski definition) is 6. The number of ketones is 2. The van der Waals surface area contributed by atoms with E-state index in [1.807, 2.05) is 34.6 Å². The number of carbonyl (C=O) groups is 3. The van der Waals surface area contributed by atoms with Crippen LogP contribution in [0.5, 0.6) is 0 Å². The first kappa shape index (κ1) is 37.3. The molecule has 264 valence electrons. The molecule has 0 bridgehead atoms. The molecule has 2 saturated carbocycles. The van der Waals surface area contributed by atoms with E-state index >= 15 is 0 Å². The maximum Gasteiger partial charge on any atom is 0.331 e. The summed E-state index contributed by atoms with van der Waals surface area (Å²) in [5, 5.41) is 45.5. The van der Waals surface area contributed by atoms with Crippen molar-refractivity contribution in [2.75, 3.05) is 6.54 Å². The van der Waals surface area contributed by atoms with Gasteiger partial charge in [-0.2, -0.15) is 0 Å². The van der Waals surface area contributed by atoms with Gasteiger partial charge in [0.1, 0.15) is 5.78 Å². The van der Waals surface area contributed by atoms with Crippen molar-refractivity contribution in [2.45, 2.75) is 125 Å². The molecule has 0 aromatic rings. The number of carbonyl (C=O) groups excluding carboxylic acids is 2. The smallest absolute Gasteiger partial charge is 0.331 e. The van der Waals surface area contributed by atoms with Crippen molar-refractivity contribution in [2.24, 2.45) is 67.7 Å². The van der Waals surface area contributed by atoms with Gasteiger partial charge in [-0.1, -0.05) is 67.7 Å². The van der Waals surface area contributed by atoms with Gasteiger partial charge in [0.05, 0.1) is 18.3 Å². The quantitative estimate of drug-likeness (QED) is 0.0818. The number of Topliss-reactive ketones (excluding diaryl/α,β-unsaturated/α-hetero) is 2. The van der Waals surface area contributed by atoms with E-state index < -0.39 is 51.9 Å². The van der Waals surface area contributed by atoms with Gasteiger partial charge < -0.3 is 31.9 Å². The van der Waals surface area contributed by atoms with Crippen LogP contribution in [0.15, 0.2) is 27.8 Å². The summed E-state index contributed by atoms with van der Waals surface area (Å²) in [5.74, 6) is -2.90. The Bertz CT molecular complexity index is 1370. The monoisotopic (exact) mass is 657 g/mol. The summed E-state index contributed by atoms with van der Waals surface area (Å²) in [6, 6.07) is 0. The summed E-state index contributed by atoms with van der Waals surface area (Å²) in [5.41, 5.74) is 9.49. The van der Waals surface area contributed by atoms with Crippen LogP contribution in [-0.2, 0) is 14.4 Å². The van der Waals surface area contributed by atoms with E-state index in [4.69, 9.17) is 11.5 Å². The van der Waals surface area contributed by atoms with E-state index in [2.05, 4.69) is 18.8 Å². The van der Waals surface area contributed by atoms with Gasteiger partial charge in [-0.15, -0.1) is 0 Å². The maximum atomic E-state index is 14.7. The molecule has 11 unspecified atom stereocenters. The minimum absolute atomic E-state index is 0.0133. The third-order valence-electron chi connectivity index (χ3n) is 13.7. The Morgan fingerprint density at radius 2 is 1.74 bits per heavy atom. The summed E-state index contributed by atoms with van der Waals surface area (Å²) in [6.45, 7) is 15.6. The molecule has 0 amide bonds. The number of nitrogens with two attached hydrogens (primary N) is 2. The highest BCUT2D eigenvalue weighted by atomic mass is 16.4. The van der Waals surface area contributed by atoms with E-state index in [1.54, 1.807) is 0 Å². The molecule has 2 fully saturated rings. The number of carboxylic acids is 1. The summed E-state index contributed by atoms with van der Waals surface area (Å²) in [6.07, 6.45) is 3.22. The van der Waals surface area contributed by atoms with Crippen molar-refractivity contribution >= 4 is 23.5 Å². The number of allylic oxidation sites excluding steroid dienone is 1. The third kappa shape index (κ3) is 5.80. The highest BCUT2D eigenvalue weighted by Crippen LogP contribution is 2.72. The number of guanidine groups is 1. The Balaban J connectivity index is 1.88. The molecule has 10 heteroatoms. The van der Waals surface area contributed by atoms with Crippen molar-refractivity contribution in [3.63, 3.8) is 0 Å². The van der Waals surface area contributed by atoms with Crippen molar-refractivity contribution in [3.8, 4) is 0 Å². The predicted molar refractivity (Wildman–Crippen MR) is 181 cm³/mol. The van der Waals surface area contributed by atoms with Crippen LogP contribution in [0.1, 0.15) is 107 Å². The normalized spacial score (nSPS) is 38.6. The molecule has 0 aliphatic heterocycles. The van der Waals surface area contributed by atoms with E-state index in [9.17, 15) is 34.8 Å². The minimum atomic E-state index is -1.20. The predicted octanol–water partition coefficient (Wildman–Crippen LogP) is 4.15. The van der Waals surface area contributed by atoms with E-state index in [0.29, 0.717) is 30.4 Å². The molecule has 8 N–H and O–H groups in total. The van der Waals surface area contributed by atoms with Crippen LogP contribution in [0.25, 0.3) is 0 Å². The van der Waals surface area contributed by atoms with Gasteiger partial charge in [-0.05, 0) is 66.9 Å². The summed E-state index contributed by atoms with van der Waals surface area (Å²) in [4.78, 5) is 43.9. The molecular weight excluding hydrogens is 598 g/mol. The number of nitrogens with zero attached hydrogens (tertiary/aromatic N) is 1. The zero-order valence-electron chi connectivity index (χ0n) is 29.7. The summed E-state index contributed by atoms with van der Waals surface area (Å²) < 4.78 is 0. The van der Waals surface area contributed by atoms with Gasteiger partial charge in [0.25, 0.3) is 0 Å². The van der Waals surface area contributed by atoms with Gasteiger partial charge in [0, 0.05) is 52.7 Å². The molecule has 11 atom stereocenters. The van der Waals surface area contributed by atoms with Crippen molar-refractivity contribution < 1.29 is 34.8 Å². The van der Waals surface area contributed by atoms with Crippen LogP contribution in [-0.4, -0.2) is 68.8 Å². The van der Waals surface area contributed by atoms with Crippen LogP contribution >= 0.6 is 0 Å². The fourth-order valence-electron chi connectivity index (χ4n) is 11.0. The molecule has 47 heavy (non-hydrogen) atoms. The third-order valence-corrected chi connectivity index (χ3v) is 13.7. The lowest BCUT2D eigenvalue weighted by Crippen LogP contribution is -2.63. The molecule has 4 aliphatic rings. The molecule has 0 heterocycles. The number of aliphatic imine (C=N–C) groups is 1. The summed E-state index contributed by atoms with van der Waals surface area (Å²) in [7, 11) is 0. The largest absolute Gasteiger partial charge is 0.478 e. The van der Waals surface area contributed by atoms with Crippen LogP contribution in [0.4, 0.5) is 0 Å². The minimum Gasteiger partial charge on any atom is -0.478 e. The Hall–Kier alpha value is -2.56. The molecule has 0 radical (unpaired) electrons. The maximum absolute atomic E-state index is 14.7. The number of rotatable bonds is 11. The highest BCUT2D eigenvalue weighted by Gasteiger charge is 2.71.